The van der Waals surface area contributed by atoms with Gasteiger partial charge in [0.2, 0.25) is 5.95 Å². The van der Waals surface area contributed by atoms with Gasteiger partial charge < -0.3 is 10.5 Å². The molecule has 0 saturated carbocycles. The molecule has 3 rings (SSSR count). The van der Waals surface area contributed by atoms with Crippen LogP contribution in [0.1, 0.15) is 5.56 Å². The maximum absolute atomic E-state index is 6.31. The lowest BCUT2D eigenvalue weighted by Gasteiger charge is -2.11. The Balaban J connectivity index is 2.25. The van der Waals surface area contributed by atoms with Crippen molar-refractivity contribution < 1.29 is 4.74 Å². The molecule has 0 bridgehead atoms. The maximum Gasteiger partial charge on any atom is 0.240 e. The third-order valence-corrected chi connectivity index (χ3v) is 3.61. The summed E-state index contributed by atoms with van der Waals surface area (Å²) in [7, 11) is 1.62. The number of halogens is 1. The predicted octanol–water partition coefficient (Wildman–Crippen LogP) is 3.24. The zero-order valence-corrected chi connectivity index (χ0v) is 12.3. The van der Waals surface area contributed by atoms with Gasteiger partial charge in [0.25, 0.3) is 0 Å². The molecule has 0 aliphatic rings. The van der Waals surface area contributed by atoms with Crippen LogP contribution in [0.5, 0.6) is 5.75 Å². The number of anilines is 1. The molecule has 3 aromatic rings. The van der Waals surface area contributed by atoms with E-state index in [2.05, 4.69) is 15.2 Å². The van der Waals surface area contributed by atoms with Crippen molar-refractivity contribution >= 4 is 28.6 Å². The molecule has 2 aromatic carbocycles. The third-order valence-electron chi connectivity index (χ3n) is 3.28. The Morgan fingerprint density at radius 3 is 2.62 bits per heavy atom. The van der Waals surface area contributed by atoms with Gasteiger partial charge in [0.1, 0.15) is 11.3 Å². The van der Waals surface area contributed by atoms with E-state index in [-0.39, 0.29) is 5.95 Å². The maximum atomic E-state index is 6.31. The van der Waals surface area contributed by atoms with Gasteiger partial charge in [-0.3, -0.25) is 0 Å². The molecule has 0 unspecified atom stereocenters. The number of hydrogen-bond acceptors (Lipinski definition) is 5. The van der Waals surface area contributed by atoms with Crippen LogP contribution in [-0.2, 0) is 0 Å². The average molecular weight is 301 g/mol. The van der Waals surface area contributed by atoms with Crippen molar-refractivity contribution in [3.63, 3.8) is 0 Å². The van der Waals surface area contributed by atoms with Crippen LogP contribution >= 0.6 is 11.6 Å². The Bertz CT molecular complexity index is 835. The van der Waals surface area contributed by atoms with Gasteiger partial charge in [0, 0.05) is 10.6 Å². The standard InChI is InChI=1S/C15H13ClN4O/c1-8-5-13-14(19-20-15(17)18-13)7-10(8)11-6-9(21-2)3-4-12(11)16/h3-7H,1-2H3,(H2,17,18,20). The molecule has 2 N–H and O–H groups in total. The number of methoxy groups -OCH3 is 1. The first-order chi connectivity index (χ1) is 10.1. The van der Waals surface area contributed by atoms with E-state index in [1.165, 1.54) is 0 Å². The number of nitrogens with two attached hydrogens (primary N) is 1. The molecule has 0 aliphatic carbocycles. The number of rotatable bonds is 2. The van der Waals surface area contributed by atoms with Gasteiger partial charge in [-0.05, 0) is 48.4 Å². The van der Waals surface area contributed by atoms with Gasteiger partial charge in [-0.15, -0.1) is 10.2 Å². The molecule has 0 spiro atoms. The molecule has 1 heterocycles. The summed E-state index contributed by atoms with van der Waals surface area (Å²) in [4.78, 5) is 4.17. The molecule has 0 aliphatic heterocycles. The Hall–Kier alpha value is -2.40. The average Bonchev–Trinajstić information content (AvgIpc) is 2.47. The van der Waals surface area contributed by atoms with Crippen LogP contribution in [0.3, 0.4) is 0 Å². The van der Waals surface area contributed by atoms with Crippen molar-refractivity contribution in [3.8, 4) is 16.9 Å². The van der Waals surface area contributed by atoms with Gasteiger partial charge in [0.15, 0.2) is 0 Å². The van der Waals surface area contributed by atoms with Crippen molar-refractivity contribution in [1.82, 2.24) is 15.2 Å². The first kappa shape index (κ1) is 13.6. The zero-order chi connectivity index (χ0) is 15.0. The second-order valence-electron chi connectivity index (χ2n) is 4.67. The number of nitrogens with zero attached hydrogens (tertiary/aromatic N) is 3. The van der Waals surface area contributed by atoms with Gasteiger partial charge in [-0.1, -0.05) is 11.6 Å². The van der Waals surface area contributed by atoms with Gasteiger partial charge in [0.05, 0.1) is 12.6 Å². The molecule has 21 heavy (non-hydrogen) atoms. The Labute approximate surface area is 126 Å². The summed E-state index contributed by atoms with van der Waals surface area (Å²) in [5.74, 6) is 0.907. The monoisotopic (exact) mass is 300 g/mol. The normalized spacial score (nSPS) is 10.8. The molecular formula is C15H13ClN4O. The molecule has 5 nitrogen and oxygen atoms in total. The Kier molecular flexibility index (Phi) is 3.35. The molecule has 0 fully saturated rings. The molecule has 0 amide bonds. The Morgan fingerprint density at radius 1 is 1.05 bits per heavy atom. The van der Waals surface area contributed by atoms with Gasteiger partial charge in [-0.25, -0.2) is 4.98 Å². The van der Waals surface area contributed by atoms with E-state index in [1.807, 2.05) is 37.3 Å². The molecule has 0 saturated heterocycles. The summed E-state index contributed by atoms with van der Waals surface area (Å²) in [5, 5.41) is 8.50. The van der Waals surface area contributed by atoms with Crippen molar-refractivity contribution in [3.05, 3.63) is 40.9 Å². The fraction of sp³-hybridized carbons (Fsp3) is 0.133. The third kappa shape index (κ3) is 2.48. The zero-order valence-electron chi connectivity index (χ0n) is 11.6. The molecular weight excluding hydrogens is 288 g/mol. The minimum atomic E-state index is 0.161. The first-order valence-corrected chi connectivity index (χ1v) is 6.71. The van der Waals surface area contributed by atoms with E-state index in [4.69, 9.17) is 22.1 Å². The van der Waals surface area contributed by atoms with Crippen LogP contribution in [0.15, 0.2) is 30.3 Å². The van der Waals surface area contributed by atoms with Crippen LogP contribution < -0.4 is 10.5 Å². The topological polar surface area (TPSA) is 73.9 Å². The SMILES string of the molecule is COc1ccc(Cl)c(-c2cc3nnc(N)nc3cc2C)c1. The second-order valence-corrected chi connectivity index (χ2v) is 5.08. The molecule has 106 valence electrons. The van der Waals surface area contributed by atoms with E-state index in [9.17, 15) is 0 Å². The van der Waals surface area contributed by atoms with Crippen LogP contribution in [-0.4, -0.2) is 22.3 Å². The summed E-state index contributed by atoms with van der Waals surface area (Å²) in [6.45, 7) is 1.99. The highest BCUT2D eigenvalue weighted by Crippen LogP contribution is 2.34. The Morgan fingerprint density at radius 2 is 1.86 bits per heavy atom. The fourth-order valence-electron chi connectivity index (χ4n) is 2.23. The molecule has 0 radical (unpaired) electrons. The van der Waals surface area contributed by atoms with Crippen LogP contribution in [0.4, 0.5) is 5.95 Å². The largest absolute Gasteiger partial charge is 0.497 e. The molecule has 0 atom stereocenters. The number of aromatic nitrogens is 3. The lowest BCUT2D eigenvalue weighted by molar-refractivity contribution is 0.415. The lowest BCUT2D eigenvalue weighted by Crippen LogP contribution is -1.98. The number of fused-ring (bicyclic) bond motifs is 1. The quantitative estimate of drug-likeness (QED) is 0.786. The summed E-state index contributed by atoms with van der Waals surface area (Å²) in [6.07, 6.45) is 0. The highest BCUT2D eigenvalue weighted by atomic mass is 35.5. The number of nitrogen functional groups attached to an aromatic ring is 1. The molecule has 6 heteroatoms. The van der Waals surface area contributed by atoms with Crippen molar-refractivity contribution in [1.29, 1.82) is 0 Å². The van der Waals surface area contributed by atoms with Crippen LogP contribution in [0.25, 0.3) is 22.2 Å². The number of benzene rings is 2. The summed E-state index contributed by atoms with van der Waals surface area (Å²) in [6, 6.07) is 9.36. The summed E-state index contributed by atoms with van der Waals surface area (Å²) >= 11 is 6.31. The number of aryl methyl sites for hydroxylation is 1. The highest BCUT2D eigenvalue weighted by molar-refractivity contribution is 6.33. The number of hydrogen-bond donors (Lipinski definition) is 1. The van der Waals surface area contributed by atoms with Crippen LogP contribution in [0.2, 0.25) is 5.02 Å². The lowest BCUT2D eigenvalue weighted by atomic mass is 9.99. The van der Waals surface area contributed by atoms with E-state index in [0.717, 1.165) is 22.4 Å². The van der Waals surface area contributed by atoms with E-state index in [0.29, 0.717) is 16.1 Å². The minimum absolute atomic E-state index is 0.161. The smallest absolute Gasteiger partial charge is 0.240 e. The van der Waals surface area contributed by atoms with Gasteiger partial charge in [-0.2, -0.15) is 0 Å². The number of ether oxygens (including phenoxy) is 1. The summed E-state index contributed by atoms with van der Waals surface area (Å²) < 4.78 is 5.26. The summed E-state index contributed by atoms with van der Waals surface area (Å²) in [5.41, 5.74) is 9.82. The minimum Gasteiger partial charge on any atom is -0.497 e. The fourth-order valence-corrected chi connectivity index (χ4v) is 2.45. The second kappa shape index (κ2) is 5.18. The molecule has 1 aromatic heterocycles. The van der Waals surface area contributed by atoms with Crippen LogP contribution in [0, 0.1) is 6.92 Å². The van der Waals surface area contributed by atoms with Crippen molar-refractivity contribution in [2.45, 2.75) is 6.92 Å². The highest BCUT2D eigenvalue weighted by Gasteiger charge is 2.11. The predicted molar refractivity (Wildman–Crippen MR) is 83.5 cm³/mol. The van der Waals surface area contributed by atoms with E-state index < -0.39 is 0 Å². The van der Waals surface area contributed by atoms with Crippen molar-refractivity contribution in [2.75, 3.05) is 12.8 Å². The van der Waals surface area contributed by atoms with E-state index >= 15 is 0 Å². The van der Waals surface area contributed by atoms with Crippen molar-refractivity contribution in [2.24, 2.45) is 0 Å². The van der Waals surface area contributed by atoms with E-state index in [1.54, 1.807) is 7.11 Å². The van der Waals surface area contributed by atoms with Gasteiger partial charge >= 0.3 is 0 Å². The first-order valence-electron chi connectivity index (χ1n) is 6.33.